The molecule has 0 saturated heterocycles. The Labute approximate surface area is 146 Å². The van der Waals surface area contributed by atoms with E-state index in [0.29, 0.717) is 0 Å². The van der Waals surface area contributed by atoms with Crippen LogP contribution in [0.3, 0.4) is 0 Å². The zero-order chi connectivity index (χ0) is 16.1. The van der Waals surface area contributed by atoms with Gasteiger partial charge in [0.1, 0.15) is 0 Å². The van der Waals surface area contributed by atoms with Crippen molar-refractivity contribution in [3.63, 3.8) is 0 Å². The molecule has 0 aliphatic carbocycles. The van der Waals surface area contributed by atoms with Gasteiger partial charge in [0.05, 0.1) is 36.8 Å². The number of aliphatic carboxylic acids is 4. The first-order chi connectivity index (χ1) is 8.92. The van der Waals surface area contributed by atoms with Gasteiger partial charge in [0.2, 0.25) is 0 Å². The molecule has 0 saturated carbocycles. The molecule has 0 radical (unpaired) electrons. The standard InChI is InChI=1S/C10H16N2O8.Na.H2O.H/c11-9(1-5(13)14,2-6(15)16)10(12,3-7(17)18)4-8(19)20;;;/h1-4,11-12H2,(H,13,14)(H,15,16)(H,17,18)(H,19,20);;1H2;. The average molecular weight is 334 g/mol. The van der Waals surface area contributed by atoms with Crippen molar-refractivity contribution in [3.8, 4) is 0 Å². The summed E-state index contributed by atoms with van der Waals surface area (Å²) in [6, 6.07) is 0. The minimum atomic E-state index is -2.22. The Morgan fingerprint density at radius 3 is 0.864 bits per heavy atom. The summed E-state index contributed by atoms with van der Waals surface area (Å²) < 4.78 is 0. The van der Waals surface area contributed by atoms with Gasteiger partial charge in [-0.25, -0.2) is 0 Å². The molecule has 0 aromatic rings. The van der Waals surface area contributed by atoms with E-state index in [1.807, 2.05) is 0 Å². The zero-order valence-electron chi connectivity index (χ0n) is 10.9. The quantitative estimate of drug-likeness (QED) is 0.231. The molecule has 0 bridgehead atoms. The Balaban J connectivity index is -0.00000180. The van der Waals surface area contributed by atoms with Crippen molar-refractivity contribution in [1.29, 1.82) is 0 Å². The van der Waals surface area contributed by atoms with Crippen molar-refractivity contribution < 1.29 is 45.1 Å². The van der Waals surface area contributed by atoms with E-state index in [1.165, 1.54) is 0 Å². The van der Waals surface area contributed by atoms with Crippen LogP contribution in [-0.4, -0.2) is 90.4 Å². The summed E-state index contributed by atoms with van der Waals surface area (Å²) in [6.07, 6.45) is -3.90. The summed E-state index contributed by atoms with van der Waals surface area (Å²) in [7, 11) is 0. The number of carboxylic acids is 4. The molecule has 0 spiro atoms. The summed E-state index contributed by atoms with van der Waals surface area (Å²) in [5.41, 5.74) is 6.88. The van der Waals surface area contributed by atoms with E-state index in [9.17, 15) is 19.2 Å². The Morgan fingerprint density at radius 2 is 0.773 bits per heavy atom. The first-order valence-corrected chi connectivity index (χ1v) is 5.37. The molecule has 0 aliphatic rings. The van der Waals surface area contributed by atoms with Crippen molar-refractivity contribution in [2.24, 2.45) is 11.5 Å². The van der Waals surface area contributed by atoms with Gasteiger partial charge in [-0.05, 0) is 0 Å². The Hall–Kier alpha value is -1.24. The fourth-order valence-corrected chi connectivity index (χ4v) is 1.91. The van der Waals surface area contributed by atoms with Crippen molar-refractivity contribution >= 4 is 53.4 Å². The van der Waals surface area contributed by atoms with Crippen molar-refractivity contribution in [3.05, 3.63) is 0 Å². The normalized spacial score (nSPS) is 10.8. The third-order valence-electron chi connectivity index (χ3n) is 2.86. The van der Waals surface area contributed by atoms with Crippen LogP contribution in [0, 0.1) is 0 Å². The first-order valence-electron chi connectivity index (χ1n) is 5.37. The molecule has 0 atom stereocenters. The van der Waals surface area contributed by atoms with Crippen LogP contribution in [0.1, 0.15) is 25.7 Å². The Morgan fingerprint density at radius 1 is 0.636 bits per heavy atom. The number of hydrogen-bond acceptors (Lipinski definition) is 6. The molecular weight excluding hydrogens is 315 g/mol. The summed E-state index contributed by atoms with van der Waals surface area (Å²) >= 11 is 0. The second-order valence-electron chi connectivity index (χ2n) is 4.59. The number of hydrogen-bond donors (Lipinski definition) is 6. The van der Waals surface area contributed by atoms with Crippen LogP contribution < -0.4 is 11.5 Å². The minimum absolute atomic E-state index is 0. The SMILES string of the molecule is NC(CC(=O)O)(CC(=O)O)C(N)(CC(=O)O)CC(=O)O.O.[NaH]. The van der Waals surface area contributed by atoms with Gasteiger partial charge < -0.3 is 37.4 Å². The van der Waals surface area contributed by atoms with Crippen LogP contribution in [0.5, 0.6) is 0 Å². The van der Waals surface area contributed by atoms with Crippen LogP contribution in [0.4, 0.5) is 0 Å². The average Bonchev–Trinajstić information content (AvgIpc) is 2.10. The van der Waals surface area contributed by atoms with Gasteiger partial charge in [0, 0.05) is 0 Å². The number of rotatable bonds is 9. The van der Waals surface area contributed by atoms with Crippen molar-refractivity contribution in [1.82, 2.24) is 0 Å². The third kappa shape index (κ3) is 7.68. The fourth-order valence-electron chi connectivity index (χ4n) is 1.91. The summed E-state index contributed by atoms with van der Waals surface area (Å²) in [5, 5.41) is 35.1. The van der Waals surface area contributed by atoms with Crippen LogP contribution in [0.25, 0.3) is 0 Å². The molecule has 22 heavy (non-hydrogen) atoms. The van der Waals surface area contributed by atoms with Gasteiger partial charge in [-0.2, -0.15) is 0 Å². The molecule has 10 N–H and O–H groups in total. The van der Waals surface area contributed by atoms with E-state index in [4.69, 9.17) is 31.9 Å². The van der Waals surface area contributed by atoms with Gasteiger partial charge in [0.15, 0.2) is 0 Å². The molecule has 0 fully saturated rings. The molecule has 0 amide bonds. The molecule has 0 aromatic heterocycles. The van der Waals surface area contributed by atoms with Crippen LogP contribution >= 0.6 is 0 Å². The Bertz CT molecular complexity index is 368. The molecule has 0 aliphatic heterocycles. The molecule has 0 unspecified atom stereocenters. The van der Waals surface area contributed by atoms with Gasteiger partial charge >= 0.3 is 53.4 Å². The van der Waals surface area contributed by atoms with E-state index >= 15 is 0 Å². The zero-order valence-corrected chi connectivity index (χ0v) is 10.9. The topological polar surface area (TPSA) is 233 Å². The monoisotopic (exact) mass is 334 g/mol. The predicted octanol–water partition coefficient (Wildman–Crippen LogP) is -3.19. The summed E-state index contributed by atoms with van der Waals surface area (Å²) in [6.45, 7) is 0. The molecule has 11 nitrogen and oxygen atoms in total. The van der Waals surface area contributed by atoms with Crippen molar-refractivity contribution in [2.45, 2.75) is 36.8 Å². The maximum absolute atomic E-state index is 10.8. The van der Waals surface area contributed by atoms with Crippen molar-refractivity contribution in [2.75, 3.05) is 0 Å². The number of carbonyl (C=O) groups is 4. The van der Waals surface area contributed by atoms with Gasteiger partial charge in [-0.15, -0.1) is 0 Å². The van der Waals surface area contributed by atoms with E-state index in [0.717, 1.165) is 0 Å². The first kappa shape index (κ1) is 25.7. The molecule has 12 heteroatoms. The molecule has 0 heterocycles. The van der Waals surface area contributed by atoms with E-state index in [-0.39, 0.29) is 35.0 Å². The summed E-state index contributed by atoms with van der Waals surface area (Å²) in [4.78, 5) is 43.2. The van der Waals surface area contributed by atoms with Crippen LogP contribution in [0.2, 0.25) is 0 Å². The number of carboxylic acid groups (broad SMARTS) is 4. The molecule has 0 aromatic carbocycles. The summed E-state index contributed by atoms with van der Waals surface area (Å²) in [5.74, 6) is -6.06. The van der Waals surface area contributed by atoms with Gasteiger partial charge in [0.25, 0.3) is 0 Å². The Kier molecular flexibility index (Phi) is 11.3. The second kappa shape index (κ2) is 9.71. The second-order valence-corrected chi connectivity index (χ2v) is 4.59. The van der Waals surface area contributed by atoms with E-state index in [1.54, 1.807) is 0 Å². The van der Waals surface area contributed by atoms with E-state index in [2.05, 4.69) is 0 Å². The van der Waals surface area contributed by atoms with Crippen LogP contribution in [0.15, 0.2) is 0 Å². The predicted molar refractivity (Wildman–Crippen MR) is 73.6 cm³/mol. The fraction of sp³-hybridized carbons (Fsp3) is 0.600. The van der Waals surface area contributed by atoms with Crippen LogP contribution in [-0.2, 0) is 19.2 Å². The van der Waals surface area contributed by atoms with E-state index < -0.39 is 60.6 Å². The van der Waals surface area contributed by atoms with Gasteiger partial charge in [-0.1, -0.05) is 0 Å². The number of nitrogens with two attached hydrogens (primary N) is 2. The third-order valence-corrected chi connectivity index (χ3v) is 2.86. The van der Waals surface area contributed by atoms with Gasteiger partial charge in [-0.3, -0.25) is 19.2 Å². The molecule has 0 rings (SSSR count). The molecule has 124 valence electrons. The molecular formula is C10H19N2NaO9. The maximum atomic E-state index is 10.8.